The highest BCUT2D eigenvalue weighted by molar-refractivity contribution is 5.58. The van der Waals surface area contributed by atoms with Crippen LogP contribution in [0.3, 0.4) is 0 Å². The average molecular weight is 325 g/mol. The van der Waals surface area contributed by atoms with Crippen LogP contribution in [-0.2, 0) is 13.1 Å². The van der Waals surface area contributed by atoms with Gasteiger partial charge in [0.1, 0.15) is 11.5 Å². The summed E-state index contributed by atoms with van der Waals surface area (Å²) in [5.41, 5.74) is 10.2. The monoisotopic (exact) mass is 325 g/mol. The van der Waals surface area contributed by atoms with E-state index in [0.717, 1.165) is 42.5 Å². The van der Waals surface area contributed by atoms with Crippen LogP contribution in [0.5, 0.6) is 11.5 Å². The van der Waals surface area contributed by atoms with Crippen LogP contribution in [-0.4, -0.2) is 25.8 Å². The van der Waals surface area contributed by atoms with Crippen LogP contribution in [0.2, 0.25) is 0 Å². The van der Waals surface area contributed by atoms with Crippen LogP contribution in [0.1, 0.15) is 16.7 Å². The van der Waals surface area contributed by atoms with Crippen molar-refractivity contribution in [3.8, 4) is 11.5 Å². The Morgan fingerprint density at radius 2 is 2.00 bits per heavy atom. The summed E-state index contributed by atoms with van der Waals surface area (Å²) < 4.78 is 10.7. The van der Waals surface area contributed by atoms with E-state index < -0.39 is 0 Å². The standard InChI is InChI=1S/C19H23N3O2/c1-23-18-6-4-15(19(10-18)24-2)12-22-8-7-14-3-5-17(20)9-16(14)11-21-13-22/h3-10,21H,11-13,20H2,1-2H3/b8-7-. The molecule has 0 fully saturated rings. The number of hydrogen-bond donors (Lipinski definition) is 2. The number of nitrogens with two attached hydrogens (primary N) is 1. The minimum absolute atomic E-state index is 0.750. The molecule has 2 aromatic carbocycles. The molecule has 0 saturated carbocycles. The normalized spacial score (nSPS) is 15.2. The van der Waals surface area contributed by atoms with Crippen molar-refractivity contribution >= 4 is 11.8 Å². The lowest BCUT2D eigenvalue weighted by molar-refractivity contribution is 0.324. The maximum Gasteiger partial charge on any atom is 0.127 e. The summed E-state index contributed by atoms with van der Waals surface area (Å²) in [4.78, 5) is 2.21. The molecule has 3 N–H and O–H groups in total. The van der Waals surface area contributed by atoms with Crippen LogP contribution in [0.4, 0.5) is 5.69 Å². The molecule has 1 aliphatic rings. The zero-order chi connectivity index (χ0) is 16.9. The van der Waals surface area contributed by atoms with Crippen molar-refractivity contribution in [3.05, 3.63) is 59.3 Å². The third-order valence-corrected chi connectivity index (χ3v) is 4.13. The highest BCUT2D eigenvalue weighted by Gasteiger charge is 2.11. The highest BCUT2D eigenvalue weighted by atomic mass is 16.5. The summed E-state index contributed by atoms with van der Waals surface area (Å²) in [7, 11) is 3.34. The second-order valence-electron chi connectivity index (χ2n) is 5.78. The van der Waals surface area contributed by atoms with Gasteiger partial charge in [0.15, 0.2) is 0 Å². The van der Waals surface area contributed by atoms with Gasteiger partial charge in [-0.2, -0.15) is 0 Å². The average Bonchev–Trinajstić information content (AvgIpc) is 2.58. The molecule has 0 aliphatic carbocycles. The van der Waals surface area contributed by atoms with E-state index >= 15 is 0 Å². The number of ether oxygens (including phenoxy) is 2. The first-order valence-electron chi connectivity index (χ1n) is 7.92. The maximum atomic E-state index is 5.87. The smallest absolute Gasteiger partial charge is 0.127 e. The topological polar surface area (TPSA) is 59.8 Å². The summed E-state index contributed by atoms with van der Waals surface area (Å²) in [6.45, 7) is 2.29. The number of nitrogens with one attached hydrogen (secondary N) is 1. The van der Waals surface area contributed by atoms with Gasteiger partial charge in [-0.3, -0.25) is 5.32 Å². The van der Waals surface area contributed by atoms with E-state index in [9.17, 15) is 0 Å². The molecule has 0 amide bonds. The zero-order valence-electron chi connectivity index (χ0n) is 14.1. The van der Waals surface area contributed by atoms with Crippen molar-refractivity contribution in [1.82, 2.24) is 10.2 Å². The third-order valence-electron chi connectivity index (χ3n) is 4.13. The Kier molecular flexibility index (Phi) is 4.91. The Balaban J connectivity index is 1.80. The predicted molar refractivity (Wildman–Crippen MR) is 96.7 cm³/mol. The number of hydrogen-bond acceptors (Lipinski definition) is 5. The van der Waals surface area contributed by atoms with Gasteiger partial charge in [-0.25, -0.2) is 0 Å². The molecule has 0 aromatic heterocycles. The minimum atomic E-state index is 0.750. The van der Waals surface area contributed by atoms with Crippen molar-refractivity contribution in [3.63, 3.8) is 0 Å². The Morgan fingerprint density at radius 1 is 1.12 bits per heavy atom. The van der Waals surface area contributed by atoms with Gasteiger partial charge in [0.25, 0.3) is 0 Å². The number of rotatable bonds is 4. The molecule has 5 heteroatoms. The van der Waals surface area contributed by atoms with Gasteiger partial charge in [-0.1, -0.05) is 6.07 Å². The van der Waals surface area contributed by atoms with Gasteiger partial charge in [0, 0.05) is 36.6 Å². The van der Waals surface area contributed by atoms with E-state index in [-0.39, 0.29) is 0 Å². The Bertz CT molecular complexity index is 743. The zero-order valence-corrected chi connectivity index (χ0v) is 14.1. The molecule has 0 saturated heterocycles. The number of nitrogen functional groups attached to an aromatic ring is 1. The van der Waals surface area contributed by atoms with E-state index in [4.69, 9.17) is 15.2 Å². The molecule has 5 nitrogen and oxygen atoms in total. The molecule has 0 atom stereocenters. The second kappa shape index (κ2) is 7.27. The number of methoxy groups -OCH3 is 2. The van der Waals surface area contributed by atoms with E-state index in [0.29, 0.717) is 0 Å². The largest absolute Gasteiger partial charge is 0.497 e. The summed E-state index contributed by atoms with van der Waals surface area (Å²) in [5, 5.41) is 3.45. The van der Waals surface area contributed by atoms with E-state index in [2.05, 4.69) is 28.6 Å². The third kappa shape index (κ3) is 3.63. The predicted octanol–water partition coefficient (Wildman–Crippen LogP) is 2.82. The summed E-state index contributed by atoms with van der Waals surface area (Å²) in [6, 6.07) is 11.9. The van der Waals surface area contributed by atoms with Gasteiger partial charge >= 0.3 is 0 Å². The van der Waals surface area contributed by atoms with Crippen molar-refractivity contribution in [2.45, 2.75) is 13.1 Å². The van der Waals surface area contributed by atoms with Gasteiger partial charge in [0.2, 0.25) is 0 Å². The number of fused-ring (bicyclic) bond motifs is 1. The molecule has 1 aliphatic heterocycles. The van der Waals surface area contributed by atoms with Crippen LogP contribution in [0.25, 0.3) is 6.08 Å². The molecular formula is C19H23N3O2. The maximum absolute atomic E-state index is 5.87. The highest BCUT2D eigenvalue weighted by Crippen LogP contribution is 2.26. The molecule has 3 rings (SSSR count). The number of anilines is 1. The fraction of sp³-hybridized carbons (Fsp3) is 0.263. The number of benzene rings is 2. The molecule has 0 unspecified atom stereocenters. The molecule has 126 valence electrons. The second-order valence-corrected chi connectivity index (χ2v) is 5.78. The van der Waals surface area contributed by atoms with Crippen molar-refractivity contribution in [2.75, 3.05) is 26.6 Å². The first kappa shape index (κ1) is 16.2. The Hall–Kier alpha value is -2.66. The van der Waals surface area contributed by atoms with Gasteiger partial charge in [0.05, 0.1) is 20.9 Å². The Morgan fingerprint density at radius 3 is 2.79 bits per heavy atom. The van der Waals surface area contributed by atoms with Gasteiger partial charge in [-0.15, -0.1) is 0 Å². The van der Waals surface area contributed by atoms with Gasteiger partial charge in [-0.05, 0) is 41.5 Å². The van der Waals surface area contributed by atoms with Crippen LogP contribution < -0.4 is 20.5 Å². The van der Waals surface area contributed by atoms with Crippen molar-refractivity contribution in [2.24, 2.45) is 0 Å². The summed E-state index contributed by atoms with van der Waals surface area (Å²) >= 11 is 0. The van der Waals surface area contributed by atoms with E-state index in [1.807, 2.05) is 30.3 Å². The molecule has 0 bridgehead atoms. The summed E-state index contributed by atoms with van der Waals surface area (Å²) in [5.74, 6) is 1.63. The molecule has 0 radical (unpaired) electrons. The number of nitrogens with zero attached hydrogens (tertiary/aromatic N) is 1. The quantitative estimate of drug-likeness (QED) is 0.847. The molecule has 1 heterocycles. The SMILES string of the molecule is COc1ccc(CN2/C=C\c3ccc(N)cc3CNC2)c(OC)c1. The first-order chi connectivity index (χ1) is 11.7. The fourth-order valence-electron chi connectivity index (χ4n) is 2.82. The molecular weight excluding hydrogens is 302 g/mol. The molecule has 2 aromatic rings. The molecule has 24 heavy (non-hydrogen) atoms. The minimum Gasteiger partial charge on any atom is -0.497 e. The lowest BCUT2D eigenvalue weighted by Crippen LogP contribution is -2.31. The van der Waals surface area contributed by atoms with Crippen LogP contribution in [0.15, 0.2) is 42.6 Å². The molecule has 0 spiro atoms. The van der Waals surface area contributed by atoms with Crippen LogP contribution >= 0.6 is 0 Å². The van der Waals surface area contributed by atoms with Crippen molar-refractivity contribution < 1.29 is 9.47 Å². The van der Waals surface area contributed by atoms with E-state index in [1.165, 1.54) is 11.1 Å². The van der Waals surface area contributed by atoms with E-state index in [1.54, 1.807) is 14.2 Å². The van der Waals surface area contributed by atoms with Crippen LogP contribution in [0, 0.1) is 0 Å². The Labute approximate surface area is 142 Å². The lowest BCUT2D eigenvalue weighted by Gasteiger charge is -2.25. The fourth-order valence-corrected chi connectivity index (χ4v) is 2.82. The lowest BCUT2D eigenvalue weighted by atomic mass is 10.1. The van der Waals surface area contributed by atoms with Gasteiger partial charge < -0.3 is 20.1 Å². The summed E-state index contributed by atoms with van der Waals surface area (Å²) in [6.07, 6.45) is 4.23. The first-order valence-corrected chi connectivity index (χ1v) is 7.92. The van der Waals surface area contributed by atoms with Crippen molar-refractivity contribution in [1.29, 1.82) is 0 Å².